The van der Waals surface area contributed by atoms with E-state index < -0.39 is 11.7 Å². The molecule has 1 aromatic carbocycles. The second-order valence-electron chi connectivity index (χ2n) is 7.48. The lowest BCUT2D eigenvalue weighted by Gasteiger charge is -2.23. The Morgan fingerprint density at radius 2 is 1.59 bits per heavy atom. The van der Waals surface area contributed by atoms with Gasteiger partial charge in [0.1, 0.15) is 0 Å². The van der Waals surface area contributed by atoms with Gasteiger partial charge in [-0.15, -0.1) is 0 Å². The topological polar surface area (TPSA) is 66.4 Å². The summed E-state index contributed by atoms with van der Waals surface area (Å²) in [7, 11) is 0. The highest BCUT2D eigenvalue weighted by Gasteiger charge is 2.22. The van der Waals surface area contributed by atoms with Crippen LogP contribution in [0.3, 0.4) is 0 Å². The molecule has 4 nitrogen and oxygen atoms in total. The number of amides is 1. The summed E-state index contributed by atoms with van der Waals surface area (Å²) in [6.45, 7) is 10.6. The highest BCUT2D eigenvalue weighted by atomic mass is 16.3. The third kappa shape index (κ3) is 5.26. The van der Waals surface area contributed by atoms with Gasteiger partial charge in [-0.2, -0.15) is 0 Å². The fourth-order valence-corrected chi connectivity index (χ4v) is 2.04. The Bertz CT molecular complexity index is 524. The van der Waals surface area contributed by atoms with Gasteiger partial charge < -0.3 is 10.4 Å². The predicted molar refractivity (Wildman–Crippen MR) is 88.0 cm³/mol. The van der Waals surface area contributed by atoms with Gasteiger partial charge >= 0.3 is 0 Å². The molecule has 0 saturated carbocycles. The van der Waals surface area contributed by atoms with E-state index >= 15 is 0 Å². The van der Waals surface area contributed by atoms with Crippen molar-refractivity contribution in [2.24, 2.45) is 5.41 Å². The molecule has 0 heterocycles. The average Bonchev–Trinajstić information content (AvgIpc) is 2.43. The summed E-state index contributed by atoms with van der Waals surface area (Å²) in [5.41, 5.74) is 1.29. The van der Waals surface area contributed by atoms with Gasteiger partial charge in [0.25, 0.3) is 5.91 Å². The van der Waals surface area contributed by atoms with E-state index in [1.165, 1.54) is 0 Å². The summed E-state index contributed by atoms with van der Waals surface area (Å²) in [4.78, 5) is 24.1. The molecule has 1 amide bonds. The number of nitrogens with one attached hydrogen (secondary N) is 1. The Balaban J connectivity index is 2.70. The zero-order chi connectivity index (χ0) is 17.0. The normalized spacial score (nSPS) is 12.1. The predicted octanol–water partition coefficient (Wildman–Crippen LogP) is 2.69. The number of benzene rings is 1. The summed E-state index contributed by atoms with van der Waals surface area (Å²) in [5.74, 6) is -1.13. The van der Waals surface area contributed by atoms with Crippen molar-refractivity contribution in [3.63, 3.8) is 0 Å². The summed E-state index contributed by atoms with van der Waals surface area (Å²) < 4.78 is 0. The molecule has 0 atom stereocenters. The molecule has 0 bridgehead atoms. The van der Waals surface area contributed by atoms with Gasteiger partial charge in [-0.05, 0) is 22.8 Å². The summed E-state index contributed by atoms with van der Waals surface area (Å²) in [5, 5.41) is 11.6. The molecule has 0 aromatic heterocycles. The van der Waals surface area contributed by atoms with Gasteiger partial charge in [0.2, 0.25) is 5.78 Å². The standard InChI is InChI=1S/C18H27NO3/c1-17(2,3)14-8-6-13(7-9-14)15(21)16(22)19-12-18(4,5)10-11-20/h6-9,20H,10-12H2,1-5H3,(H,19,22). The first-order valence-electron chi connectivity index (χ1n) is 7.61. The van der Waals surface area contributed by atoms with Crippen LogP contribution in [0.25, 0.3) is 0 Å². The Hall–Kier alpha value is -1.68. The van der Waals surface area contributed by atoms with Crippen molar-refractivity contribution in [3.05, 3.63) is 35.4 Å². The molecule has 1 rings (SSSR count). The number of Topliss-reactive ketones (excluding diaryl/α,β-unsaturated/α-hetero) is 1. The number of ketones is 1. The summed E-state index contributed by atoms with van der Waals surface area (Å²) >= 11 is 0. The number of hydrogen-bond donors (Lipinski definition) is 2. The highest BCUT2D eigenvalue weighted by Crippen LogP contribution is 2.22. The van der Waals surface area contributed by atoms with Crippen LogP contribution in [-0.2, 0) is 10.2 Å². The molecule has 1 aromatic rings. The third-order valence-electron chi connectivity index (χ3n) is 3.74. The van der Waals surface area contributed by atoms with Crippen molar-refractivity contribution in [1.29, 1.82) is 0 Å². The van der Waals surface area contributed by atoms with Crippen molar-refractivity contribution in [2.45, 2.75) is 46.5 Å². The van der Waals surface area contributed by atoms with Crippen LogP contribution in [0.4, 0.5) is 0 Å². The highest BCUT2D eigenvalue weighted by molar-refractivity contribution is 6.42. The lowest BCUT2D eigenvalue weighted by molar-refractivity contribution is -0.117. The minimum atomic E-state index is -0.602. The molecule has 0 fully saturated rings. The van der Waals surface area contributed by atoms with Crippen molar-refractivity contribution >= 4 is 11.7 Å². The monoisotopic (exact) mass is 305 g/mol. The van der Waals surface area contributed by atoms with E-state index in [2.05, 4.69) is 26.1 Å². The van der Waals surface area contributed by atoms with Crippen molar-refractivity contribution < 1.29 is 14.7 Å². The molecule has 122 valence electrons. The molecule has 0 saturated heterocycles. The molecule has 0 radical (unpaired) electrons. The first kappa shape index (κ1) is 18.4. The van der Waals surface area contributed by atoms with E-state index in [4.69, 9.17) is 5.11 Å². The van der Waals surface area contributed by atoms with Crippen LogP contribution in [0, 0.1) is 5.41 Å². The maximum atomic E-state index is 12.1. The number of rotatable bonds is 6. The van der Waals surface area contributed by atoms with E-state index in [1.54, 1.807) is 12.1 Å². The van der Waals surface area contributed by atoms with Crippen LogP contribution in [0.1, 0.15) is 57.0 Å². The average molecular weight is 305 g/mol. The second-order valence-corrected chi connectivity index (χ2v) is 7.48. The minimum absolute atomic E-state index is 0.0121. The molecule has 0 spiro atoms. The van der Waals surface area contributed by atoms with E-state index in [-0.39, 0.29) is 17.4 Å². The maximum absolute atomic E-state index is 12.1. The van der Waals surface area contributed by atoms with Gasteiger partial charge in [0.15, 0.2) is 0 Å². The number of carbonyl (C=O) groups excluding carboxylic acids is 2. The number of hydrogen-bond acceptors (Lipinski definition) is 3. The molecule has 2 N–H and O–H groups in total. The Morgan fingerprint density at radius 3 is 2.05 bits per heavy atom. The smallest absolute Gasteiger partial charge is 0.292 e. The maximum Gasteiger partial charge on any atom is 0.292 e. The van der Waals surface area contributed by atoms with Crippen LogP contribution >= 0.6 is 0 Å². The molecule has 0 aliphatic carbocycles. The Labute approximate surface area is 132 Å². The number of aliphatic hydroxyl groups excluding tert-OH is 1. The number of carbonyl (C=O) groups is 2. The fraction of sp³-hybridized carbons (Fsp3) is 0.556. The van der Waals surface area contributed by atoms with E-state index in [1.807, 2.05) is 26.0 Å². The zero-order valence-corrected chi connectivity index (χ0v) is 14.2. The summed E-state index contributed by atoms with van der Waals surface area (Å²) in [6, 6.07) is 7.16. The molecule has 22 heavy (non-hydrogen) atoms. The summed E-state index contributed by atoms with van der Waals surface area (Å²) in [6.07, 6.45) is 0.571. The zero-order valence-electron chi connectivity index (χ0n) is 14.2. The SMILES string of the molecule is CC(C)(CCO)CNC(=O)C(=O)c1ccc(C(C)(C)C)cc1. The van der Waals surface area contributed by atoms with Gasteiger partial charge in [0.05, 0.1) is 0 Å². The third-order valence-corrected chi connectivity index (χ3v) is 3.74. The van der Waals surface area contributed by atoms with Gasteiger partial charge in [0, 0.05) is 18.7 Å². The van der Waals surface area contributed by atoms with Crippen LogP contribution < -0.4 is 5.32 Å². The van der Waals surface area contributed by atoms with E-state index in [9.17, 15) is 9.59 Å². The Morgan fingerprint density at radius 1 is 1.05 bits per heavy atom. The van der Waals surface area contributed by atoms with Crippen LogP contribution in [0.5, 0.6) is 0 Å². The first-order chi connectivity index (χ1) is 10.1. The van der Waals surface area contributed by atoms with E-state index in [0.29, 0.717) is 18.5 Å². The van der Waals surface area contributed by atoms with Crippen LogP contribution in [0.2, 0.25) is 0 Å². The first-order valence-corrected chi connectivity index (χ1v) is 7.61. The molecule has 4 heteroatoms. The van der Waals surface area contributed by atoms with Crippen molar-refractivity contribution in [1.82, 2.24) is 5.32 Å². The Kier molecular flexibility index (Phi) is 5.89. The van der Waals surface area contributed by atoms with Gasteiger partial charge in [-0.1, -0.05) is 58.9 Å². The molecule has 0 aliphatic heterocycles. The van der Waals surface area contributed by atoms with Crippen molar-refractivity contribution in [2.75, 3.05) is 13.2 Å². The lowest BCUT2D eigenvalue weighted by atomic mass is 9.86. The fourth-order valence-electron chi connectivity index (χ4n) is 2.04. The molecular weight excluding hydrogens is 278 g/mol. The van der Waals surface area contributed by atoms with E-state index in [0.717, 1.165) is 5.56 Å². The van der Waals surface area contributed by atoms with Gasteiger partial charge in [-0.25, -0.2) is 0 Å². The lowest BCUT2D eigenvalue weighted by Crippen LogP contribution is -2.38. The quantitative estimate of drug-likeness (QED) is 0.627. The molecule has 0 unspecified atom stereocenters. The van der Waals surface area contributed by atoms with Crippen LogP contribution in [0.15, 0.2) is 24.3 Å². The second kappa shape index (κ2) is 7.05. The van der Waals surface area contributed by atoms with Gasteiger partial charge in [-0.3, -0.25) is 9.59 Å². The molecule has 0 aliphatic rings. The van der Waals surface area contributed by atoms with Crippen LogP contribution in [-0.4, -0.2) is 29.9 Å². The number of aliphatic hydroxyl groups is 1. The van der Waals surface area contributed by atoms with Crippen molar-refractivity contribution in [3.8, 4) is 0 Å². The minimum Gasteiger partial charge on any atom is -0.396 e. The molecular formula is C18H27NO3. The largest absolute Gasteiger partial charge is 0.396 e.